The van der Waals surface area contributed by atoms with E-state index in [0.29, 0.717) is 69.9 Å². The third-order valence-corrected chi connectivity index (χ3v) is 6.81. The van der Waals surface area contributed by atoms with Gasteiger partial charge in [-0.25, -0.2) is 14.4 Å². The van der Waals surface area contributed by atoms with Crippen molar-refractivity contribution in [1.29, 1.82) is 0 Å². The highest BCUT2D eigenvalue weighted by Gasteiger charge is 2.30. The van der Waals surface area contributed by atoms with Crippen LogP contribution in [0.25, 0.3) is 10.9 Å². The molecule has 2 aromatic heterocycles. The van der Waals surface area contributed by atoms with E-state index in [-0.39, 0.29) is 23.1 Å². The number of β-amino-alcohol motifs (C(OH)–C–C–N with tert-alkyl or cyclic N) is 1. The summed E-state index contributed by atoms with van der Waals surface area (Å²) < 4.78 is 15.3. The van der Waals surface area contributed by atoms with Crippen LogP contribution >= 0.6 is 0 Å². The first-order chi connectivity index (χ1) is 16.5. The standard InChI is InChI=1S/C25H28FN5O3/c26-19-4-1-16-3-6-25(34)31(22(16)9-19)8-7-30-14-18(23(33)15-30)11-27-13-24-28-12-17-2-5-20(32)10-21(17)29-24/h1,3-4,6,9,12,18,23,27,33H,2,5,7-8,10-11,13-15H2/t18-,23+/m0/s1. The number of nitrogens with one attached hydrogen (secondary N) is 1. The fraction of sp³-hybridized carbons (Fsp3) is 0.440. The third kappa shape index (κ3) is 4.91. The molecule has 34 heavy (non-hydrogen) atoms. The Kier molecular flexibility index (Phi) is 6.49. The quantitative estimate of drug-likeness (QED) is 0.538. The number of hydrogen-bond acceptors (Lipinski definition) is 7. The molecule has 3 aromatic rings. The minimum atomic E-state index is -0.476. The van der Waals surface area contributed by atoms with Gasteiger partial charge in [-0.2, -0.15) is 0 Å². The first kappa shape index (κ1) is 22.8. The van der Waals surface area contributed by atoms with Gasteiger partial charge in [-0.05, 0) is 41.6 Å². The number of nitrogens with zero attached hydrogens (tertiary/aromatic N) is 4. The number of halogens is 1. The summed E-state index contributed by atoms with van der Waals surface area (Å²) in [6.45, 7) is 3.32. The number of ketones is 1. The van der Waals surface area contributed by atoms with E-state index >= 15 is 0 Å². The minimum absolute atomic E-state index is 0.0425. The van der Waals surface area contributed by atoms with Crippen molar-refractivity contribution in [1.82, 2.24) is 24.8 Å². The fourth-order valence-corrected chi connectivity index (χ4v) is 4.91. The van der Waals surface area contributed by atoms with Gasteiger partial charge in [0.05, 0.1) is 23.9 Å². The molecule has 1 saturated heterocycles. The number of aromatic nitrogens is 3. The van der Waals surface area contributed by atoms with Crippen LogP contribution < -0.4 is 10.9 Å². The van der Waals surface area contributed by atoms with Crippen LogP contribution in [-0.2, 0) is 30.7 Å². The summed E-state index contributed by atoms with van der Waals surface area (Å²) in [5.41, 5.74) is 2.30. The van der Waals surface area contributed by atoms with Crippen molar-refractivity contribution in [2.45, 2.75) is 38.5 Å². The van der Waals surface area contributed by atoms with E-state index in [2.05, 4.69) is 20.2 Å². The molecule has 2 aliphatic rings. The first-order valence-electron chi connectivity index (χ1n) is 11.7. The largest absolute Gasteiger partial charge is 0.391 e. The molecule has 8 nitrogen and oxygen atoms in total. The van der Waals surface area contributed by atoms with Crippen LogP contribution in [0.2, 0.25) is 0 Å². The van der Waals surface area contributed by atoms with E-state index in [1.54, 1.807) is 16.7 Å². The average Bonchev–Trinajstić information content (AvgIpc) is 3.17. The van der Waals surface area contributed by atoms with Gasteiger partial charge in [0.2, 0.25) is 0 Å². The van der Waals surface area contributed by atoms with Crippen molar-refractivity contribution in [2.24, 2.45) is 5.92 Å². The summed E-state index contributed by atoms with van der Waals surface area (Å²) in [5.74, 6) is 0.542. The summed E-state index contributed by atoms with van der Waals surface area (Å²) in [6.07, 6.45) is 3.00. The topological polar surface area (TPSA) is 100 Å². The average molecular weight is 466 g/mol. The van der Waals surface area contributed by atoms with E-state index in [4.69, 9.17) is 0 Å². The Bertz CT molecular complexity index is 1280. The van der Waals surface area contributed by atoms with E-state index in [9.17, 15) is 19.1 Å². The maximum Gasteiger partial charge on any atom is 0.251 e. The van der Waals surface area contributed by atoms with Crippen molar-refractivity contribution in [3.63, 3.8) is 0 Å². The third-order valence-electron chi connectivity index (χ3n) is 6.81. The molecular weight excluding hydrogens is 437 g/mol. The van der Waals surface area contributed by atoms with Gasteiger partial charge in [-0.15, -0.1) is 0 Å². The SMILES string of the molecule is O=C1CCc2cnc(CNC[C@H]3CN(CCn4c(=O)ccc5ccc(F)cc54)C[C@H]3O)nc2C1. The molecule has 3 heterocycles. The molecule has 1 aliphatic heterocycles. The number of benzene rings is 1. The second kappa shape index (κ2) is 9.69. The van der Waals surface area contributed by atoms with Gasteiger partial charge < -0.3 is 15.0 Å². The number of hydrogen-bond donors (Lipinski definition) is 2. The summed E-state index contributed by atoms with van der Waals surface area (Å²) in [4.78, 5) is 35.1. The number of aliphatic hydroxyl groups is 1. The zero-order valence-electron chi connectivity index (χ0n) is 18.9. The van der Waals surface area contributed by atoms with Crippen molar-refractivity contribution < 1.29 is 14.3 Å². The van der Waals surface area contributed by atoms with Gasteiger partial charge in [0.1, 0.15) is 17.4 Å². The number of fused-ring (bicyclic) bond motifs is 2. The van der Waals surface area contributed by atoms with Crippen LogP contribution in [0.5, 0.6) is 0 Å². The fourth-order valence-electron chi connectivity index (χ4n) is 4.91. The molecule has 2 N–H and O–H groups in total. The first-order valence-corrected chi connectivity index (χ1v) is 11.7. The molecule has 9 heteroatoms. The second-order valence-electron chi connectivity index (χ2n) is 9.22. The van der Waals surface area contributed by atoms with Gasteiger partial charge >= 0.3 is 0 Å². The molecule has 0 radical (unpaired) electrons. The second-order valence-corrected chi connectivity index (χ2v) is 9.22. The van der Waals surface area contributed by atoms with E-state index in [0.717, 1.165) is 16.6 Å². The van der Waals surface area contributed by atoms with Crippen molar-refractivity contribution in [3.05, 3.63) is 69.8 Å². The van der Waals surface area contributed by atoms with Crippen molar-refractivity contribution in [3.8, 4) is 0 Å². The number of rotatable bonds is 7. The Labute approximate surface area is 196 Å². The van der Waals surface area contributed by atoms with E-state index in [1.165, 1.54) is 18.2 Å². The monoisotopic (exact) mass is 465 g/mol. The van der Waals surface area contributed by atoms with Gasteiger partial charge in [0.25, 0.3) is 5.56 Å². The Hall–Kier alpha value is -3.01. The zero-order chi connectivity index (χ0) is 23.7. The highest BCUT2D eigenvalue weighted by molar-refractivity contribution is 5.82. The lowest BCUT2D eigenvalue weighted by molar-refractivity contribution is -0.118. The van der Waals surface area contributed by atoms with Crippen molar-refractivity contribution >= 4 is 16.7 Å². The number of carbonyl (C=O) groups is 1. The summed E-state index contributed by atoms with van der Waals surface area (Å²) in [5, 5.41) is 14.7. The van der Waals surface area contributed by atoms with Crippen LogP contribution in [0.1, 0.15) is 23.5 Å². The van der Waals surface area contributed by atoms with Crippen LogP contribution in [0.3, 0.4) is 0 Å². The number of likely N-dealkylation sites (tertiary alicyclic amines) is 1. The summed E-state index contributed by atoms with van der Waals surface area (Å²) >= 11 is 0. The molecule has 0 bridgehead atoms. The van der Waals surface area contributed by atoms with Crippen LogP contribution in [0.15, 0.2) is 41.3 Å². The molecule has 2 atom stereocenters. The van der Waals surface area contributed by atoms with Crippen LogP contribution in [-0.4, -0.2) is 62.6 Å². The van der Waals surface area contributed by atoms with Gasteiger partial charge in [-0.1, -0.05) is 0 Å². The lowest BCUT2D eigenvalue weighted by Crippen LogP contribution is -2.31. The number of aryl methyl sites for hydroxylation is 1. The van der Waals surface area contributed by atoms with Gasteiger partial charge in [-0.3, -0.25) is 14.5 Å². The lowest BCUT2D eigenvalue weighted by atomic mass is 9.96. The van der Waals surface area contributed by atoms with Gasteiger partial charge in [0.15, 0.2) is 0 Å². The molecule has 0 amide bonds. The molecule has 1 aromatic carbocycles. The van der Waals surface area contributed by atoms with Crippen molar-refractivity contribution in [2.75, 3.05) is 26.2 Å². The van der Waals surface area contributed by atoms with Crippen LogP contribution in [0.4, 0.5) is 4.39 Å². The Balaban J connectivity index is 1.15. The summed E-state index contributed by atoms with van der Waals surface area (Å²) in [6, 6.07) is 7.66. The maximum atomic E-state index is 13.7. The molecular formula is C25H28FN5O3. The van der Waals surface area contributed by atoms with E-state index in [1.807, 2.05) is 6.20 Å². The molecule has 0 unspecified atom stereocenters. The predicted molar refractivity (Wildman–Crippen MR) is 125 cm³/mol. The summed E-state index contributed by atoms with van der Waals surface area (Å²) in [7, 11) is 0. The highest BCUT2D eigenvalue weighted by atomic mass is 19.1. The normalized spacial score (nSPS) is 20.7. The zero-order valence-corrected chi connectivity index (χ0v) is 18.9. The molecule has 178 valence electrons. The maximum absolute atomic E-state index is 13.7. The number of pyridine rings is 1. The van der Waals surface area contributed by atoms with Gasteiger partial charge in [0, 0.05) is 63.7 Å². The Morgan fingerprint density at radius 3 is 2.85 bits per heavy atom. The predicted octanol–water partition coefficient (Wildman–Crippen LogP) is 1.07. The molecule has 1 aliphatic carbocycles. The van der Waals surface area contributed by atoms with Crippen LogP contribution in [0, 0.1) is 11.7 Å². The smallest absolute Gasteiger partial charge is 0.251 e. The highest BCUT2D eigenvalue weighted by Crippen LogP contribution is 2.19. The number of Topliss-reactive ketones (excluding diaryl/α,β-unsaturated/α-hetero) is 1. The minimum Gasteiger partial charge on any atom is -0.391 e. The molecule has 1 fully saturated rings. The number of carbonyl (C=O) groups excluding carboxylic acids is 1. The Morgan fingerprint density at radius 1 is 1.12 bits per heavy atom. The van der Waals surface area contributed by atoms with E-state index < -0.39 is 6.10 Å². The molecule has 0 spiro atoms. The number of aliphatic hydroxyl groups excluding tert-OH is 1. The molecule has 5 rings (SSSR count). The lowest BCUT2D eigenvalue weighted by Gasteiger charge is -2.18. The molecule has 0 saturated carbocycles. The Morgan fingerprint density at radius 2 is 1.97 bits per heavy atom.